The number of aryl methyl sites for hydroxylation is 2. The van der Waals surface area contributed by atoms with Crippen molar-refractivity contribution >= 4 is 18.0 Å². The molecule has 0 radical (unpaired) electrons. The van der Waals surface area contributed by atoms with Crippen molar-refractivity contribution in [2.75, 3.05) is 5.32 Å². The number of anilines is 1. The number of hydrogen-bond donors (Lipinski definition) is 1. The summed E-state index contributed by atoms with van der Waals surface area (Å²) >= 11 is 0. The van der Waals surface area contributed by atoms with Gasteiger partial charge >= 0.3 is 0 Å². The number of ether oxygens (including phenoxy) is 1. The van der Waals surface area contributed by atoms with Crippen LogP contribution in [0.15, 0.2) is 30.5 Å². The highest BCUT2D eigenvalue weighted by atomic mass is 16.5. The molecule has 1 N–H and O–H groups in total. The molecule has 1 aromatic heterocycles. The van der Waals surface area contributed by atoms with Gasteiger partial charge < -0.3 is 14.6 Å². The predicted molar refractivity (Wildman–Crippen MR) is 94.4 cm³/mol. The predicted octanol–water partition coefficient (Wildman–Crippen LogP) is 3.16. The van der Waals surface area contributed by atoms with Crippen molar-refractivity contribution in [3.8, 4) is 5.75 Å². The lowest BCUT2D eigenvalue weighted by Crippen LogP contribution is -2.30. The molecule has 0 bridgehead atoms. The molecule has 1 unspecified atom stereocenters. The van der Waals surface area contributed by atoms with Crippen molar-refractivity contribution in [3.05, 3.63) is 46.6 Å². The fraction of sp³-hybridized carbons (Fsp3) is 0.368. The molecule has 0 spiro atoms. The summed E-state index contributed by atoms with van der Waals surface area (Å²) in [6.07, 6.45) is 3.20. The van der Waals surface area contributed by atoms with Gasteiger partial charge in [0.2, 0.25) is 0 Å². The minimum Gasteiger partial charge on any atom is -0.489 e. The van der Waals surface area contributed by atoms with E-state index in [4.69, 9.17) is 4.74 Å². The van der Waals surface area contributed by atoms with Crippen LogP contribution in [-0.2, 0) is 7.05 Å². The SMILES string of the molecule is C=c1ccn(C)/c1=C(/C)Nc1ccc(C)cc1OC(C)CC. The van der Waals surface area contributed by atoms with Crippen LogP contribution in [0.4, 0.5) is 5.69 Å². The van der Waals surface area contributed by atoms with E-state index in [1.165, 1.54) is 5.56 Å². The minimum absolute atomic E-state index is 0.195. The van der Waals surface area contributed by atoms with Gasteiger partial charge in [0, 0.05) is 18.9 Å². The highest BCUT2D eigenvalue weighted by molar-refractivity contribution is 5.69. The van der Waals surface area contributed by atoms with Crippen molar-refractivity contribution in [1.82, 2.24) is 4.57 Å². The first-order valence-corrected chi connectivity index (χ1v) is 7.78. The molecule has 0 aliphatic carbocycles. The van der Waals surface area contributed by atoms with Gasteiger partial charge in [0.1, 0.15) is 5.75 Å². The van der Waals surface area contributed by atoms with Gasteiger partial charge in [-0.25, -0.2) is 0 Å². The van der Waals surface area contributed by atoms with Crippen molar-refractivity contribution in [3.63, 3.8) is 0 Å². The Hall–Kier alpha value is -2.16. The summed E-state index contributed by atoms with van der Waals surface area (Å²) in [6, 6.07) is 8.27. The van der Waals surface area contributed by atoms with E-state index in [0.29, 0.717) is 0 Å². The van der Waals surface area contributed by atoms with Crippen molar-refractivity contribution in [2.24, 2.45) is 7.05 Å². The summed E-state index contributed by atoms with van der Waals surface area (Å²) in [5.74, 6) is 0.897. The van der Waals surface area contributed by atoms with Crippen LogP contribution >= 0.6 is 0 Å². The van der Waals surface area contributed by atoms with Crippen LogP contribution in [0.2, 0.25) is 0 Å². The molecule has 1 atom stereocenters. The second-order valence-electron chi connectivity index (χ2n) is 5.89. The molecule has 118 valence electrons. The summed E-state index contributed by atoms with van der Waals surface area (Å²) in [5, 5.41) is 5.61. The smallest absolute Gasteiger partial charge is 0.143 e. The highest BCUT2D eigenvalue weighted by Gasteiger charge is 2.09. The van der Waals surface area contributed by atoms with Crippen LogP contribution in [0, 0.1) is 6.92 Å². The van der Waals surface area contributed by atoms with Crippen LogP contribution in [-0.4, -0.2) is 10.7 Å². The number of rotatable bonds is 5. The molecular weight excluding hydrogens is 272 g/mol. The molecule has 1 aromatic carbocycles. The molecule has 2 rings (SSSR count). The van der Waals surface area contributed by atoms with E-state index in [-0.39, 0.29) is 6.10 Å². The Labute approximate surface area is 132 Å². The van der Waals surface area contributed by atoms with Gasteiger partial charge in [-0.15, -0.1) is 0 Å². The van der Waals surface area contributed by atoms with Crippen LogP contribution in [0.5, 0.6) is 5.75 Å². The molecule has 22 heavy (non-hydrogen) atoms. The average Bonchev–Trinajstić information content (AvgIpc) is 2.81. The third-order valence-corrected chi connectivity index (χ3v) is 3.87. The van der Waals surface area contributed by atoms with Crippen molar-refractivity contribution in [2.45, 2.75) is 40.2 Å². The first kappa shape index (κ1) is 16.2. The zero-order chi connectivity index (χ0) is 16.3. The normalized spacial score (nSPS) is 13.7. The lowest BCUT2D eigenvalue weighted by molar-refractivity contribution is 0.218. The maximum atomic E-state index is 6.06. The first-order valence-electron chi connectivity index (χ1n) is 7.78. The zero-order valence-electron chi connectivity index (χ0n) is 14.2. The largest absolute Gasteiger partial charge is 0.489 e. The number of benzene rings is 1. The minimum atomic E-state index is 0.195. The Morgan fingerprint density at radius 3 is 2.68 bits per heavy atom. The van der Waals surface area contributed by atoms with Crippen LogP contribution in [0.3, 0.4) is 0 Å². The molecule has 0 fully saturated rings. The van der Waals surface area contributed by atoms with E-state index in [1.807, 2.05) is 19.3 Å². The van der Waals surface area contributed by atoms with E-state index >= 15 is 0 Å². The molecule has 0 saturated heterocycles. The van der Waals surface area contributed by atoms with E-state index in [9.17, 15) is 0 Å². The topological polar surface area (TPSA) is 26.2 Å². The second-order valence-corrected chi connectivity index (χ2v) is 5.89. The number of aromatic nitrogens is 1. The quantitative estimate of drug-likeness (QED) is 0.917. The summed E-state index contributed by atoms with van der Waals surface area (Å²) in [6.45, 7) is 12.5. The number of nitrogens with zero attached hydrogens (tertiary/aromatic N) is 1. The molecule has 3 heteroatoms. The fourth-order valence-corrected chi connectivity index (χ4v) is 2.48. The van der Waals surface area contributed by atoms with Crippen LogP contribution in [0.25, 0.3) is 12.3 Å². The van der Waals surface area contributed by atoms with Crippen molar-refractivity contribution in [1.29, 1.82) is 0 Å². The van der Waals surface area contributed by atoms with E-state index in [2.05, 4.69) is 62.4 Å². The summed E-state index contributed by atoms with van der Waals surface area (Å²) in [4.78, 5) is 0. The van der Waals surface area contributed by atoms with E-state index < -0.39 is 0 Å². The van der Waals surface area contributed by atoms with Gasteiger partial charge in [-0.2, -0.15) is 0 Å². The van der Waals surface area contributed by atoms with Gasteiger partial charge in [0.15, 0.2) is 0 Å². The van der Waals surface area contributed by atoms with Crippen molar-refractivity contribution < 1.29 is 4.74 Å². The summed E-state index contributed by atoms with van der Waals surface area (Å²) in [7, 11) is 2.03. The highest BCUT2D eigenvalue weighted by Crippen LogP contribution is 2.28. The summed E-state index contributed by atoms with van der Waals surface area (Å²) in [5.41, 5.74) is 3.25. The fourth-order valence-electron chi connectivity index (χ4n) is 2.48. The zero-order valence-corrected chi connectivity index (χ0v) is 14.2. The van der Waals surface area contributed by atoms with E-state index in [1.54, 1.807) is 0 Å². The number of hydrogen-bond acceptors (Lipinski definition) is 2. The average molecular weight is 298 g/mol. The van der Waals surface area contributed by atoms with E-state index in [0.717, 1.165) is 34.1 Å². The molecule has 0 aliphatic rings. The number of nitrogens with one attached hydrogen (secondary N) is 1. The van der Waals surface area contributed by atoms with Crippen LogP contribution < -0.4 is 20.6 Å². The maximum Gasteiger partial charge on any atom is 0.143 e. The third-order valence-electron chi connectivity index (χ3n) is 3.87. The monoisotopic (exact) mass is 298 g/mol. The van der Waals surface area contributed by atoms with Crippen LogP contribution in [0.1, 0.15) is 32.8 Å². The summed E-state index contributed by atoms with van der Waals surface area (Å²) < 4.78 is 8.13. The lowest BCUT2D eigenvalue weighted by Gasteiger charge is -2.18. The standard InChI is InChI=1S/C19H26N2O/c1-7-15(4)22-18-12-13(2)8-9-17(18)20-16(5)19-14(3)10-11-21(19)6/h8-12,15,20H,3,7H2,1-2,4-6H3/b19-16-. The molecule has 0 saturated carbocycles. The molecule has 0 amide bonds. The Balaban J connectivity index is 2.42. The van der Waals surface area contributed by atoms with Gasteiger partial charge in [-0.1, -0.05) is 19.6 Å². The third kappa shape index (κ3) is 3.53. The Morgan fingerprint density at radius 2 is 2.09 bits per heavy atom. The molecule has 2 aromatic rings. The second kappa shape index (κ2) is 6.73. The molecular formula is C19H26N2O. The molecule has 0 aliphatic heterocycles. The van der Waals surface area contributed by atoms with Gasteiger partial charge in [0.25, 0.3) is 0 Å². The Bertz CT molecular complexity index is 758. The lowest BCUT2D eigenvalue weighted by atomic mass is 10.2. The maximum absolute atomic E-state index is 6.06. The Morgan fingerprint density at radius 1 is 1.36 bits per heavy atom. The van der Waals surface area contributed by atoms with Gasteiger partial charge in [-0.3, -0.25) is 0 Å². The first-order chi connectivity index (χ1) is 10.4. The molecule has 3 nitrogen and oxygen atoms in total. The Kier molecular flexibility index (Phi) is 4.96. The van der Waals surface area contributed by atoms with Gasteiger partial charge in [-0.05, 0) is 56.2 Å². The van der Waals surface area contributed by atoms with Gasteiger partial charge in [0.05, 0.1) is 17.1 Å². The molecule has 1 heterocycles.